The van der Waals surface area contributed by atoms with E-state index in [1.54, 1.807) is 12.1 Å². The maximum absolute atomic E-state index is 13.5. The third-order valence-electron chi connectivity index (χ3n) is 2.76. The molecule has 0 fully saturated rings. The number of ether oxygens (including phenoxy) is 1. The molecule has 22 heavy (non-hydrogen) atoms. The largest absolute Gasteiger partial charge is 0.449 e. The molecule has 5 nitrogen and oxygen atoms in total. The molecule has 1 amide bonds. The van der Waals surface area contributed by atoms with Gasteiger partial charge in [-0.3, -0.25) is 4.79 Å². The van der Waals surface area contributed by atoms with Crippen LogP contribution in [0.25, 0.3) is 0 Å². The van der Waals surface area contributed by atoms with E-state index >= 15 is 0 Å². The first kappa shape index (κ1) is 15.9. The van der Waals surface area contributed by atoms with Gasteiger partial charge in [-0.15, -0.1) is 0 Å². The number of hydrogen-bond acceptors (Lipinski definition) is 4. The number of rotatable bonds is 4. The molecule has 1 N–H and O–H groups in total. The van der Waals surface area contributed by atoms with Crippen LogP contribution in [0.5, 0.6) is 0 Å². The number of esters is 1. The summed E-state index contributed by atoms with van der Waals surface area (Å²) < 4.78 is 18.4. The van der Waals surface area contributed by atoms with Crippen molar-refractivity contribution in [2.45, 2.75) is 13.0 Å². The number of halogens is 2. The standard InChI is InChI=1S/C15H12ClFN2O3/c1-9(14(20)19-12-7-4-8-18-13(12)16)22-15(21)10-5-2-3-6-11(10)17/h2-9H,1H3,(H,19,20)/t9-/m0/s1. The number of hydrogen-bond donors (Lipinski definition) is 1. The predicted octanol–water partition coefficient (Wildman–Crippen LogP) is 3.06. The molecular formula is C15H12ClFN2O3. The SMILES string of the molecule is C[C@H](OC(=O)c1ccccc1F)C(=O)Nc1cccnc1Cl. The summed E-state index contributed by atoms with van der Waals surface area (Å²) in [6, 6.07) is 8.51. The van der Waals surface area contributed by atoms with Gasteiger partial charge in [0, 0.05) is 6.20 Å². The molecule has 0 aliphatic heterocycles. The van der Waals surface area contributed by atoms with Gasteiger partial charge in [-0.05, 0) is 31.2 Å². The van der Waals surface area contributed by atoms with Crippen molar-refractivity contribution in [2.75, 3.05) is 5.32 Å². The molecule has 0 aliphatic rings. The van der Waals surface area contributed by atoms with Crippen LogP contribution in [-0.4, -0.2) is 23.0 Å². The number of carbonyl (C=O) groups excluding carboxylic acids is 2. The van der Waals surface area contributed by atoms with Crippen LogP contribution >= 0.6 is 11.6 Å². The molecule has 0 radical (unpaired) electrons. The lowest BCUT2D eigenvalue weighted by molar-refractivity contribution is -0.123. The van der Waals surface area contributed by atoms with Crippen LogP contribution in [0.15, 0.2) is 42.6 Å². The summed E-state index contributed by atoms with van der Waals surface area (Å²) in [4.78, 5) is 27.6. The maximum atomic E-state index is 13.5. The Kier molecular flexibility index (Phi) is 5.06. The van der Waals surface area contributed by atoms with Gasteiger partial charge >= 0.3 is 5.97 Å². The van der Waals surface area contributed by atoms with Gasteiger partial charge in [0.25, 0.3) is 5.91 Å². The number of nitrogens with zero attached hydrogens (tertiary/aromatic N) is 1. The van der Waals surface area contributed by atoms with E-state index in [2.05, 4.69) is 10.3 Å². The van der Waals surface area contributed by atoms with Gasteiger partial charge in [-0.2, -0.15) is 0 Å². The summed E-state index contributed by atoms with van der Waals surface area (Å²) in [6.07, 6.45) is 0.350. The maximum Gasteiger partial charge on any atom is 0.341 e. The van der Waals surface area contributed by atoms with E-state index in [9.17, 15) is 14.0 Å². The molecule has 0 saturated heterocycles. The average Bonchev–Trinajstić information content (AvgIpc) is 2.49. The van der Waals surface area contributed by atoms with Crippen LogP contribution in [0.3, 0.4) is 0 Å². The Morgan fingerprint density at radius 1 is 1.27 bits per heavy atom. The minimum Gasteiger partial charge on any atom is -0.449 e. The number of carbonyl (C=O) groups is 2. The highest BCUT2D eigenvalue weighted by molar-refractivity contribution is 6.32. The van der Waals surface area contributed by atoms with E-state index < -0.39 is 23.8 Å². The van der Waals surface area contributed by atoms with E-state index in [4.69, 9.17) is 16.3 Å². The summed E-state index contributed by atoms with van der Waals surface area (Å²) >= 11 is 5.81. The van der Waals surface area contributed by atoms with Crippen LogP contribution in [0.2, 0.25) is 5.15 Å². The van der Waals surface area contributed by atoms with Gasteiger partial charge in [0.15, 0.2) is 11.3 Å². The fourth-order valence-electron chi connectivity index (χ4n) is 1.62. The minimum absolute atomic E-state index is 0.114. The van der Waals surface area contributed by atoms with Crippen LogP contribution in [0, 0.1) is 5.82 Å². The summed E-state index contributed by atoms with van der Waals surface area (Å²) in [5.41, 5.74) is 0.0597. The zero-order chi connectivity index (χ0) is 16.1. The lowest BCUT2D eigenvalue weighted by atomic mass is 10.2. The van der Waals surface area contributed by atoms with Crippen LogP contribution in [0.4, 0.5) is 10.1 Å². The molecule has 0 unspecified atom stereocenters. The second kappa shape index (κ2) is 7.00. The molecule has 2 rings (SSSR count). The lowest BCUT2D eigenvalue weighted by Gasteiger charge is -2.14. The summed E-state index contributed by atoms with van der Waals surface area (Å²) in [5, 5.41) is 2.59. The molecule has 0 bridgehead atoms. The molecule has 7 heteroatoms. The van der Waals surface area contributed by atoms with Crippen LogP contribution < -0.4 is 5.32 Å². The van der Waals surface area contributed by atoms with Crippen molar-refractivity contribution in [3.8, 4) is 0 Å². The van der Waals surface area contributed by atoms with Crippen LogP contribution in [0.1, 0.15) is 17.3 Å². The topological polar surface area (TPSA) is 68.3 Å². The Bertz CT molecular complexity index is 709. The van der Waals surface area contributed by atoms with E-state index in [1.807, 2.05) is 0 Å². The number of pyridine rings is 1. The van der Waals surface area contributed by atoms with Crippen molar-refractivity contribution in [3.05, 3.63) is 59.1 Å². The number of amides is 1. The fraction of sp³-hybridized carbons (Fsp3) is 0.133. The highest BCUT2D eigenvalue weighted by Crippen LogP contribution is 2.18. The number of benzene rings is 1. The fourth-order valence-corrected chi connectivity index (χ4v) is 1.78. The van der Waals surface area contributed by atoms with Crippen molar-refractivity contribution in [1.82, 2.24) is 4.98 Å². The zero-order valence-electron chi connectivity index (χ0n) is 11.5. The molecule has 1 atom stereocenters. The van der Waals surface area contributed by atoms with Gasteiger partial charge in [-0.1, -0.05) is 23.7 Å². The average molecular weight is 323 g/mol. The van der Waals surface area contributed by atoms with Crippen molar-refractivity contribution in [1.29, 1.82) is 0 Å². The highest BCUT2D eigenvalue weighted by Gasteiger charge is 2.21. The Labute approximate surface area is 131 Å². The Hall–Kier alpha value is -2.47. The third-order valence-corrected chi connectivity index (χ3v) is 3.06. The Balaban J connectivity index is 2.01. The molecule has 0 aliphatic carbocycles. The van der Waals surface area contributed by atoms with E-state index in [1.165, 1.54) is 31.3 Å². The van der Waals surface area contributed by atoms with Crippen molar-refractivity contribution >= 4 is 29.2 Å². The van der Waals surface area contributed by atoms with Crippen LogP contribution in [-0.2, 0) is 9.53 Å². The van der Waals surface area contributed by atoms with Crippen molar-refractivity contribution in [3.63, 3.8) is 0 Å². The van der Waals surface area contributed by atoms with E-state index in [0.717, 1.165) is 6.07 Å². The quantitative estimate of drug-likeness (QED) is 0.694. The van der Waals surface area contributed by atoms with E-state index in [0.29, 0.717) is 5.69 Å². The second-order valence-corrected chi connectivity index (χ2v) is 4.72. The van der Waals surface area contributed by atoms with Gasteiger partial charge in [0.2, 0.25) is 0 Å². The second-order valence-electron chi connectivity index (χ2n) is 4.36. The van der Waals surface area contributed by atoms with Gasteiger partial charge in [-0.25, -0.2) is 14.2 Å². The predicted molar refractivity (Wildman–Crippen MR) is 79.2 cm³/mol. The first-order chi connectivity index (χ1) is 10.5. The summed E-state index contributed by atoms with van der Waals surface area (Å²) in [6.45, 7) is 1.37. The number of nitrogens with one attached hydrogen (secondary N) is 1. The lowest BCUT2D eigenvalue weighted by Crippen LogP contribution is -2.30. The molecule has 0 spiro atoms. The molecule has 114 valence electrons. The Morgan fingerprint density at radius 2 is 2.00 bits per heavy atom. The molecule has 0 saturated carbocycles. The number of aromatic nitrogens is 1. The summed E-state index contributed by atoms with van der Waals surface area (Å²) in [5.74, 6) is -2.23. The summed E-state index contributed by atoms with van der Waals surface area (Å²) in [7, 11) is 0. The Morgan fingerprint density at radius 3 is 2.68 bits per heavy atom. The molecular weight excluding hydrogens is 311 g/mol. The first-order valence-electron chi connectivity index (χ1n) is 6.36. The number of anilines is 1. The molecule has 1 aromatic heterocycles. The van der Waals surface area contributed by atoms with Gasteiger partial charge in [0.05, 0.1) is 11.3 Å². The minimum atomic E-state index is -1.12. The zero-order valence-corrected chi connectivity index (χ0v) is 12.3. The van der Waals surface area contributed by atoms with Gasteiger partial charge < -0.3 is 10.1 Å². The monoisotopic (exact) mass is 322 g/mol. The van der Waals surface area contributed by atoms with E-state index in [-0.39, 0.29) is 10.7 Å². The normalized spacial score (nSPS) is 11.6. The molecule has 1 aromatic carbocycles. The van der Waals surface area contributed by atoms with Crippen molar-refractivity contribution in [2.24, 2.45) is 0 Å². The smallest absolute Gasteiger partial charge is 0.341 e. The van der Waals surface area contributed by atoms with Gasteiger partial charge in [0.1, 0.15) is 5.82 Å². The molecule has 1 heterocycles. The third kappa shape index (κ3) is 3.79. The first-order valence-corrected chi connectivity index (χ1v) is 6.73. The highest BCUT2D eigenvalue weighted by atomic mass is 35.5. The molecule has 2 aromatic rings. The van der Waals surface area contributed by atoms with Crippen molar-refractivity contribution < 1.29 is 18.7 Å².